The van der Waals surface area contributed by atoms with Crippen LogP contribution in [0.15, 0.2) is 47.8 Å². The fraction of sp³-hybridized carbons (Fsp3) is 0.238. The molecule has 4 nitrogen and oxygen atoms in total. The lowest BCUT2D eigenvalue weighted by atomic mass is 10.2. The van der Waals surface area contributed by atoms with E-state index in [0.717, 1.165) is 11.1 Å². The number of benzene rings is 2. The monoisotopic (exact) mass is 418 g/mol. The molecule has 0 unspecified atom stereocenters. The molecule has 0 radical (unpaired) electrons. The van der Waals surface area contributed by atoms with Crippen molar-refractivity contribution in [1.82, 2.24) is 9.88 Å². The molecule has 1 amide bonds. The Kier molecular flexibility index (Phi) is 6.31. The number of ether oxygens (including phenoxy) is 1. The van der Waals surface area contributed by atoms with Gasteiger partial charge < -0.3 is 9.64 Å². The van der Waals surface area contributed by atoms with Crippen LogP contribution in [0.4, 0.5) is 4.39 Å². The third-order valence-corrected chi connectivity index (χ3v) is 5.47. The van der Waals surface area contributed by atoms with Crippen molar-refractivity contribution in [2.45, 2.75) is 26.5 Å². The van der Waals surface area contributed by atoms with Crippen molar-refractivity contribution in [2.24, 2.45) is 0 Å². The third kappa shape index (κ3) is 4.69. The van der Waals surface area contributed by atoms with Crippen molar-refractivity contribution in [3.05, 3.63) is 69.9 Å². The first kappa shape index (κ1) is 20.3. The molecule has 0 saturated carbocycles. The Hall–Kier alpha value is -2.44. The molecule has 28 heavy (non-hydrogen) atoms. The number of halogens is 2. The number of carbonyl (C=O) groups excluding carboxylic acids is 1. The van der Waals surface area contributed by atoms with Crippen molar-refractivity contribution in [1.29, 1.82) is 0 Å². The zero-order chi connectivity index (χ0) is 20.3. The summed E-state index contributed by atoms with van der Waals surface area (Å²) in [5, 5.41) is 2.88. The van der Waals surface area contributed by atoms with Crippen LogP contribution < -0.4 is 4.74 Å². The van der Waals surface area contributed by atoms with Crippen molar-refractivity contribution < 1.29 is 13.9 Å². The molecule has 1 heterocycles. The first-order chi connectivity index (χ1) is 13.3. The Labute approximate surface area is 172 Å². The zero-order valence-corrected chi connectivity index (χ0v) is 17.4. The summed E-state index contributed by atoms with van der Waals surface area (Å²) in [6.45, 7) is 4.14. The predicted molar refractivity (Wildman–Crippen MR) is 111 cm³/mol. The molecule has 0 N–H and O–H groups in total. The second-order valence-electron chi connectivity index (χ2n) is 6.61. The second-order valence-corrected chi connectivity index (χ2v) is 7.87. The number of rotatable bonds is 6. The highest BCUT2D eigenvalue weighted by molar-refractivity contribution is 7.13. The van der Waals surface area contributed by atoms with E-state index in [1.165, 1.54) is 23.5 Å². The van der Waals surface area contributed by atoms with Gasteiger partial charge in [0.05, 0.1) is 5.02 Å². The van der Waals surface area contributed by atoms with E-state index >= 15 is 0 Å². The molecule has 0 saturated heterocycles. The molecule has 3 aromatic rings. The molecule has 7 heteroatoms. The highest BCUT2D eigenvalue weighted by atomic mass is 35.5. The van der Waals surface area contributed by atoms with E-state index < -0.39 is 0 Å². The summed E-state index contributed by atoms with van der Waals surface area (Å²) in [4.78, 5) is 18.5. The van der Waals surface area contributed by atoms with Gasteiger partial charge in [0.15, 0.2) is 0 Å². The largest absolute Gasteiger partial charge is 0.489 e. The highest BCUT2D eigenvalue weighted by Crippen LogP contribution is 2.33. The Balaban J connectivity index is 1.73. The Morgan fingerprint density at radius 1 is 1.29 bits per heavy atom. The maximum atomic E-state index is 13.2. The SMILES string of the molecule is CC(C)N(C)C(=O)c1csc(-c2ccc(OCc3cccc(F)c3)cc2Cl)n1. The summed E-state index contributed by atoms with van der Waals surface area (Å²) in [6.07, 6.45) is 0. The lowest BCUT2D eigenvalue weighted by Crippen LogP contribution is -2.33. The molecule has 1 aromatic heterocycles. The molecule has 0 atom stereocenters. The number of carbonyl (C=O) groups is 1. The van der Waals surface area contributed by atoms with Crippen molar-refractivity contribution in [3.8, 4) is 16.3 Å². The number of hydrogen-bond donors (Lipinski definition) is 0. The Morgan fingerprint density at radius 3 is 2.75 bits per heavy atom. The maximum absolute atomic E-state index is 13.2. The van der Waals surface area contributed by atoms with E-state index in [0.29, 0.717) is 21.5 Å². The van der Waals surface area contributed by atoms with E-state index in [4.69, 9.17) is 16.3 Å². The first-order valence-corrected chi connectivity index (χ1v) is 10.0. The molecule has 0 aliphatic rings. The predicted octanol–water partition coefficient (Wildman–Crippen LogP) is 5.66. The number of amides is 1. The van der Waals surface area contributed by atoms with Gasteiger partial charge in [-0.15, -0.1) is 11.3 Å². The lowest BCUT2D eigenvalue weighted by molar-refractivity contribution is 0.0750. The summed E-state index contributed by atoms with van der Waals surface area (Å²) in [7, 11) is 1.75. The maximum Gasteiger partial charge on any atom is 0.273 e. The number of hydrogen-bond acceptors (Lipinski definition) is 4. The molecule has 2 aromatic carbocycles. The number of aromatic nitrogens is 1. The third-order valence-electron chi connectivity index (χ3n) is 4.28. The minimum Gasteiger partial charge on any atom is -0.489 e. The first-order valence-electron chi connectivity index (χ1n) is 8.75. The fourth-order valence-electron chi connectivity index (χ4n) is 2.46. The molecule has 146 valence electrons. The van der Waals surface area contributed by atoms with Gasteiger partial charge in [0.2, 0.25) is 0 Å². The smallest absolute Gasteiger partial charge is 0.273 e. The van der Waals surface area contributed by atoms with Gasteiger partial charge in [0.25, 0.3) is 5.91 Å². The van der Waals surface area contributed by atoms with Crippen molar-refractivity contribution in [2.75, 3.05) is 7.05 Å². The van der Waals surface area contributed by atoms with Gasteiger partial charge in [-0.25, -0.2) is 9.37 Å². The van der Waals surface area contributed by atoms with Crippen LogP contribution in [0.25, 0.3) is 10.6 Å². The molecular formula is C21H20ClFN2O2S. The normalized spacial score (nSPS) is 10.9. The molecule has 0 bridgehead atoms. The zero-order valence-electron chi connectivity index (χ0n) is 15.8. The Bertz CT molecular complexity index is 990. The summed E-state index contributed by atoms with van der Waals surface area (Å²) in [6, 6.07) is 11.6. The van der Waals surface area contributed by atoms with Crippen molar-refractivity contribution >= 4 is 28.8 Å². The van der Waals surface area contributed by atoms with Gasteiger partial charge in [-0.2, -0.15) is 0 Å². The number of thiazole rings is 1. The van der Waals surface area contributed by atoms with Gasteiger partial charge in [-0.3, -0.25) is 4.79 Å². The highest BCUT2D eigenvalue weighted by Gasteiger charge is 2.19. The van der Waals surface area contributed by atoms with E-state index in [-0.39, 0.29) is 24.4 Å². The molecular weight excluding hydrogens is 399 g/mol. The average molecular weight is 419 g/mol. The van der Waals surface area contributed by atoms with Crippen LogP contribution >= 0.6 is 22.9 Å². The van der Waals surface area contributed by atoms with Crippen LogP contribution in [0.2, 0.25) is 5.02 Å². The van der Waals surface area contributed by atoms with E-state index in [1.807, 2.05) is 19.9 Å². The Morgan fingerprint density at radius 2 is 2.07 bits per heavy atom. The van der Waals surface area contributed by atoms with Crippen molar-refractivity contribution in [3.63, 3.8) is 0 Å². The van der Waals surface area contributed by atoms with Gasteiger partial charge in [0, 0.05) is 24.0 Å². The quantitative estimate of drug-likeness (QED) is 0.518. The van der Waals surface area contributed by atoms with Gasteiger partial charge in [0.1, 0.15) is 28.9 Å². The molecule has 0 fully saturated rings. The summed E-state index contributed by atoms with van der Waals surface area (Å²) in [5.74, 6) is 0.154. The molecule has 0 spiro atoms. The van der Waals surface area contributed by atoms with E-state index in [1.54, 1.807) is 41.6 Å². The van der Waals surface area contributed by atoms with Gasteiger partial charge >= 0.3 is 0 Å². The molecule has 3 rings (SSSR count). The average Bonchev–Trinajstić information content (AvgIpc) is 3.15. The topological polar surface area (TPSA) is 42.4 Å². The second kappa shape index (κ2) is 8.71. The summed E-state index contributed by atoms with van der Waals surface area (Å²) in [5.41, 5.74) is 1.87. The molecule has 0 aliphatic heterocycles. The lowest BCUT2D eigenvalue weighted by Gasteiger charge is -2.20. The minimum atomic E-state index is -0.299. The van der Waals surface area contributed by atoms with Crippen LogP contribution in [-0.4, -0.2) is 28.9 Å². The van der Waals surface area contributed by atoms with Crippen LogP contribution in [-0.2, 0) is 6.61 Å². The fourth-order valence-corrected chi connectivity index (χ4v) is 3.61. The van der Waals surface area contributed by atoms with Gasteiger partial charge in [-0.1, -0.05) is 23.7 Å². The summed E-state index contributed by atoms with van der Waals surface area (Å²) < 4.78 is 18.9. The summed E-state index contributed by atoms with van der Waals surface area (Å²) >= 11 is 7.77. The minimum absolute atomic E-state index is 0.0933. The van der Waals surface area contributed by atoms with Crippen LogP contribution in [0.5, 0.6) is 5.75 Å². The van der Waals surface area contributed by atoms with Crippen LogP contribution in [0.1, 0.15) is 29.9 Å². The van der Waals surface area contributed by atoms with E-state index in [9.17, 15) is 9.18 Å². The van der Waals surface area contributed by atoms with Crippen LogP contribution in [0, 0.1) is 5.82 Å². The van der Waals surface area contributed by atoms with E-state index in [2.05, 4.69) is 4.98 Å². The standard InChI is InChI=1S/C21H20ClFN2O2S/c1-13(2)25(3)21(26)19-12-28-20(24-19)17-8-7-16(10-18(17)22)27-11-14-5-4-6-15(23)9-14/h4-10,12-13H,11H2,1-3H3. The molecule has 0 aliphatic carbocycles. The number of nitrogens with zero attached hydrogens (tertiary/aromatic N) is 2. The van der Waals surface area contributed by atoms with Crippen LogP contribution in [0.3, 0.4) is 0 Å². The van der Waals surface area contributed by atoms with Gasteiger partial charge in [-0.05, 0) is 49.7 Å².